The van der Waals surface area contributed by atoms with E-state index in [1.807, 2.05) is 35.7 Å². The first kappa shape index (κ1) is 19.3. The predicted molar refractivity (Wildman–Crippen MR) is 104 cm³/mol. The maximum Gasteiger partial charge on any atom is 0.343 e. The van der Waals surface area contributed by atoms with Gasteiger partial charge in [0.2, 0.25) is 5.91 Å². The van der Waals surface area contributed by atoms with Gasteiger partial charge in [0.05, 0.1) is 25.3 Å². The highest BCUT2D eigenvalue weighted by atomic mass is 32.1. The van der Waals surface area contributed by atoms with Crippen LogP contribution in [0.2, 0.25) is 0 Å². The third-order valence-electron chi connectivity index (χ3n) is 4.64. The van der Waals surface area contributed by atoms with Crippen LogP contribution in [0.15, 0.2) is 35.7 Å². The van der Waals surface area contributed by atoms with Crippen molar-refractivity contribution in [2.24, 2.45) is 5.92 Å². The Hall–Kier alpha value is -2.45. The standard InChI is InChI=1S/C19H24N4O3S/c1-22(26-2)19(25)23-10-6-9-15(12-23)18(24)20-11-17-21-16(13-27-17)14-7-4-3-5-8-14/h3-5,7-8,13,15H,6,9-12H2,1-2H3,(H,20,24)/t15-/m0/s1. The third-order valence-corrected chi connectivity index (χ3v) is 5.49. The van der Waals surface area contributed by atoms with Crippen LogP contribution in [-0.2, 0) is 16.2 Å². The van der Waals surface area contributed by atoms with E-state index in [9.17, 15) is 9.59 Å². The molecule has 8 heteroatoms. The van der Waals surface area contributed by atoms with E-state index in [1.54, 1.807) is 11.9 Å². The summed E-state index contributed by atoms with van der Waals surface area (Å²) in [6.45, 7) is 1.45. The number of rotatable bonds is 5. The molecule has 3 rings (SSSR count). The fourth-order valence-corrected chi connectivity index (χ4v) is 3.83. The van der Waals surface area contributed by atoms with E-state index in [2.05, 4.69) is 10.3 Å². The van der Waals surface area contributed by atoms with E-state index >= 15 is 0 Å². The molecule has 0 aliphatic carbocycles. The molecule has 1 saturated heterocycles. The Morgan fingerprint density at radius 3 is 2.89 bits per heavy atom. The molecule has 1 aromatic heterocycles. The number of aromatic nitrogens is 1. The molecule has 0 bridgehead atoms. The van der Waals surface area contributed by atoms with E-state index in [-0.39, 0.29) is 17.9 Å². The van der Waals surface area contributed by atoms with Gasteiger partial charge in [0, 0.05) is 31.1 Å². The van der Waals surface area contributed by atoms with Gasteiger partial charge in [0.25, 0.3) is 0 Å². The Kier molecular flexibility index (Phi) is 6.41. The summed E-state index contributed by atoms with van der Waals surface area (Å²) in [6.07, 6.45) is 1.58. The monoisotopic (exact) mass is 388 g/mol. The average Bonchev–Trinajstić information content (AvgIpc) is 3.20. The van der Waals surface area contributed by atoms with Crippen LogP contribution in [0.3, 0.4) is 0 Å². The SMILES string of the molecule is CON(C)C(=O)N1CCC[C@H](C(=O)NCc2nc(-c3ccccc3)cs2)C1. The van der Waals surface area contributed by atoms with Crippen LogP contribution in [0.5, 0.6) is 0 Å². The summed E-state index contributed by atoms with van der Waals surface area (Å²) in [5.41, 5.74) is 1.98. The second kappa shape index (κ2) is 8.96. The molecule has 1 atom stereocenters. The van der Waals surface area contributed by atoms with Crippen molar-refractivity contribution in [1.29, 1.82) is 0 Å². The molecular formula is C19H24N4O3S. The van der Waals surface area contributed by atoms with Gasteiger partial charge in [0.1, 0.15) is 5.01 Å². The average molecular weight is 388 g/mol. The van der Waals surface area contributed by atoms with Crippen molar-refractivity contribution in [2.75, 3.05) is 27.2 Å². The molecule has 2 heterocycles. The van der Waals surface area contributed by atoms with E-state index < -0.39 is 0 Å². The van der Waals surface area contributed by atoms with E-state index in [4.69, 9.17) is 4.84 Å². The highest BCUT2D eigenvalue weighted by Crippen LogP contribution is 2.22. The number of carbonyl (C=O) groups is 2. The summed E-state index contributed by atoms with van der Waals surface area (Å²) < 4.78 is 0. The Morgan fingerprint density at radius 1 is 1.37 bits per heavy atom. The van der Waals surface area contributed by atoms with Crippen LogP contribution in [0.25, 0.3) is 11.3 Å². The minimum absolute atomic E-state index is 0.0379. The van der Waals surface area contributed by atoms with Gasteiger partial charge in [-0.3, -0.25) is 9.63 Å². The molecule has 144 valence electrons. The van der Waals surface area contributed by atoms with Crippen molar-refractivity contribution in [3.63, 3.8) is 0 Å². The van der Waals surface area contributed by atoms with Crippen LogP contribution >= 0.6 is 11.3 Å². The Morgan fingerprint density at radius 2 is 2.15 bits per heavy atom. The van der Waals surface area contributed by atoms with Crippen molar-refractivity contribution >= 4 is 23.3 Å². The van der Waals surface area contributed by atoms with Crippen molar-refractivity contribution in [3.8, 4) is 11.3 Å². The number of benzene rings is 1. The van der Waals surface area contributed by atoms with E-state index in [1.165, 1.54) is 23.5 Å². The molecule has 1 aromatic carbocycles. The van der Waals surface area contributed by atoms with E-state index in [0.717, 1.165) is 29.1 Å². The Balaban J connectivity index is 1.53. The van der Waals surface area contributed by atoms with Crippen LogP contribution in [0.4, 0.5) is 4.79 Å². The van der Waals surface area contributed by atoms with Crippen molar-refractivity contribution in [3.05, 3.63) is 40.7 Å². The number of hydrogen-bond donors (Lipinski definition) is 1. The minimum Gasteiger partial charge on any atom is -0.349 e. The number of thiazole rings is 1. The number of carbonyl (C=O) groups excluding carboxylic acids is 2. The van der Waals surface area contributed by atoms with Gasteiger partial charge in [0.15, 0.2) is 0 Å². The van der Waals surface area contributed by atoms with Gasteiger partial charge in [-0.2, -0.15) is 0 Å². The number of hydroxylamine groups is 2. The van der Waals surface area contributed by atoms with Crippen LogP contribution < -0.4 is 5.32 Å². The maximum absolute atomic E-state index is 12.5. The first-order valence-electron chi connectivity index (χ1n) is 8.92. The molecule has 0 unspecified atom stereocenters. The second-order valence-electron chi connectivity index (χ2n) is 6.46. The molecule has 1 fully saturated rings. The van der Waals surface area contributed by atoms with Gasteiger partial charge >= 0.3 is 6.03 Å². The fraction of sp³-hybridized carbons (Fsp3) is 0.421. The molecule has 0 radical (unpaired) electrons. The number of hydrogen-bond acceptors (Lipinski definition) is 5. The zero-order chi connectivity index (χ0) is 19.2. The third kappa shape index (κ3) is 4.84. The van der Waals surface area contributed by atoms with Crippen LogP contribution in [0.1, 0.15) is 17.8 Å². The first-order valence-corrected chi connectivity index (χ1v) is 9.80. The fourth-order valence-electron chi connectivity index (χ4n) is 3.08. The van der Waals surface area contributed by atoms with Gasteiger partial charge in [-0.25, -0.2) is 14.8 Å². The minimum atomic E-state index is -0.220. The summed E-state index contributed by atoms with van der Waals surface area (Å²) >= 11 is 1.53. The largest absolute Gasteiger partial charge is 0.349 e. The Bertz CT molecular complexity index is 780. The topological polar surface area (TPSA) is 74.8 Å². The van der Waals surface area contributed by atoms with Crippen molar-refractivity contribution < 1.29 is 14.4 Å². The normalized spacial score (nSPS) is 16.8. The summed E-state index contributed by atoms with van der Waals surface area (Å²) in [6, 6.07) is 9.74. The summed E-state index contributed by atoms with van der Waals surface area (Å²) in [5.74, 6) is -0.245. The molecular weight excluding hydrogens is 364 g/mol. The zero-order valence-corrected chi connectivity index (χ0v) is 16.4. The summed E-state index contributed by atoms with van der Waals surface area (Å²) in [4.78, 5) is 35.9. The highest BCUT2D eigenvalue weighted by Gasteiger charge is 2.29. The number of piperidine rings is 1. The number of amides is 3. The molecule has 7 nitrogen and oxygen atoms in total. The lowest BCUT2D eigenvalue weighted by Crippen LogP contribution is -2.49. The molecule has 0 saturated carbocycles. The predicted octanol–water partition coefficient (Wildman–Crippen LogP) is 2.75. The van der Waals surface area contributed by atoms with E-state index in [0.29, 0.717) is 19.6 Å². The van der Waals surface area contributed by atoms with Gasteiger partial charge < -0.3 is 10.2 Å². The van der Waals surface area contributed by atoms with Crippen LogP contribution in [-0.4, -0.2) is 54.1 Å². The first-order chi connectivity index (χ1) is 13.1. The number of urea groups is 1. The maximum atomic E-state index is 12.5. The van der Waals surface area contributed by atoms with Crippen molar-refractivity contribution in [2.45, 2.75) is 19.4 Å². The molecule has 1 N–H and O–H groups in total. The Labute approximate surface area is 162 Å². The lowest BCUT2D eigenvalue weighted by molar-refractivity contribution is -0.127. The highest BCUT2D eigenvalue weighted by molar-refractivity contribution is 7.09. The second-order valence-corrected chi connectivity index (χ2v) is 7.40. The van der Waals surface area contributed by atoms with Gasteiger partial charge in [-0.15, -0.1) is 11.3 Å². The van der Waals surface area contributed by atoms with Gasteiger partial charge in [-0.1, -0.05) is 30.3 Å². The zero-order valence-electron chi connectivity index (χ0n) is 15.6. The smallest absolute Gasteiger partial charge is 0.343 e. The number of likely N-dealkylation sites (tertiary alicyclic amines) is 1. The summed E-state index contributed by atoms with van der Waals surface area (Å²) in [7, 11) is 3.02. The number of nitrogens with one attached hydrogen (secondary N) is 1. The quantitative estimate of drug-likeness (QED) is 0.800. The molecule has 0 spiro atoms. The number of nitrogens with zero attached hydrogens (tertiary/aromatic N) is 3. The molecule has 3 amide bonds. The van der Waals surface area contributed by atoms with Gasteiger partial charge in [-0.05, 0) is 12.8 Å². The molecule has 27 heavy (non-hydrogen) atoms. The lowest BCUT2D eigenvalue weighted by atomic mass is 9.97. The summed E-state index contributed by atoms with van der Waals surface area (Å²) in [5, 5.41) is 7.01. The molecule has 1 aliphatic heterocycles. The molecule has 2 aromatic rings. The molecule has 1 aliphatic rings. The van der Waals surface area contributed by atoms with Crippen molar-refractivity contribution in [1.82, 2.24) is 20.3 Å². The van der Waals surface area contributed by atoms with Crippen LogP contribution in [0, 0.1) is 5.92 Å². The lowest BCUT2D eigenvalue weighted by Gasteiger charge is -2.33.